The third-order valence-corrected chi connectivity index (χ3v) is 7.19. The van der Waals surface area contributed by atoms with Crippen molar-refractivity contribution < 1.29 is 13.5 Å². The molecule has 0 heterocycles. The fraction of sp³-hybridized carbons (Fsp3) is 0.515. The highest BCUT2D eigenvalue weighted by Crippen LogP contribution is 2.47. The summed E-state index contributed by atoms with van der Waals surface area (Å²) in [6, 6.07) is 14.8. The Labute approximate surface area is 217 Å². The van der Waals surface area contributed by atoms with Gasteiger partial charge in [-0.15, -0.1) is 0 Å². The molecule has 0 fully saturated rings. The van der Waals surface area contributed by atoms with Gasteiger partial charge in [-0.2, -0.15) is 0 Å². The third-order valence-electron chi connectivity index (χ3n) is 7.19. The molecule has 3 heteroatoms. The molecule has 3 rings (SSSR count). The fourth-order valence-electron chi connectivity index (χ4n) is 4.92. The van der Waals surface area contributed by atoms with Crippen LogP contribution in [0.3, 0.4) is 0 Å². The molecule has 1 aliphatic carbocycles. The minimum absolute atomic E-state index is 0.317. The average Bonchev–Trinajstić information content (AvgIpc) is 2.90. The van der Waals surface area contributed by atoms with Gasteiger partial charge in [-0.3, -0.25) is 0 Å². The number of alkyl halides is 2. The van der Waals surface area contributed by atoms with Gasteiger partial charge in [0, 0.05) is 5.57 Å². The molecule has 2 aromatic rings. The lowest BCUT2D eigenvalue weighted by Crippen LogP contribution is -2.34. The fourth-order valence-corrected chi connectivity index (χ4v) is 4.92. The van der Waals surface area contributed by atoms with Gasteiger partial charge < -0.3 is 4.74 Å². The third kappa shape index (κ3) is 7.79. The van der Waals surface area contributed by atoms with Crippen molar-refractivity contribution in [2.75, 3.05) is 6.61 Å². The van der Waals surface area contributed by atoms with Gasteiger partial charge in [-0.1, -0.05) is 120 Å². The molecule has 0 radical (unpaired) electrons. The molecule has 0 aromatic heterocycles. The van der Waals surface area contributed by atoms with Crippen LogP contribution in [0.2, 0.25) is 0 Å². The monoisotopic (exact) mass is 494 g/mol. The lowest BCUT2D eigenvalue weighted by molar-refractivity contribution is 0.135. The number of benzene rings is 2. The van der Waals surface area contributed by atoms with Crippen molar-refractivity contribution in [2.45, 2.75) is 103 Å². The van der Waals surface area contributed by atoms with Crippen LogP contribution in [0.4, 0.5) is 8.78 Å². The van der Waals surface area contributed by atoms with Gasteiger partial charge in [0.2, 0.25) is 0 Å². The van der Waals surface area contributed by atoms with E-state index in [2.05, 4.69) is 26.0 Å². The predicted octanol–water partition coefficient (Wildman–Crippen LogP) is 10.1. The minimum atomic E-state index is -2.23. The SMILES string of the molecule is CCCCCCCCOc1ccc(C2(F)C(c3ccc(CCCCCCC)cc3)=CC=CC2F)cc1. The predicted molar refractivity (Wildman–Crippen MR) is 149 cm³/mol. The van der Waals surface area contributed by atoms with Crippen LogP contribution >= 0.6 is 0 Å². The van der Waals surface area contributed by atoms with Gasteiger partial charge in [0.1, 0.15) is 5.75 Å². The summed E-state index contributed by atoms with van der Waals surface area (Å²) >= 11 is 0. The Hall–Kier alpha value is -2.42. The molecule has 196 valence electrons. The molecule has 1 nitrogen and oxygen atoms in total. The summed E-state index contributed by atoms with van der Waals surface area (Å²) in [5.74, 6) is 0.700. The zero-order valence-electron chi connectivity index (χ0n) is 22.3. The van der Waals surface area contributed by atoms with Crippen LogP contribution in [0.1, 0.15) is 101 Å². The van der Waals surface area contributed by atoms with Crippen LogP contribution in [-0.4, -0.2) is 12.8 Å². The van der Waals surface area contributed by atoms with Crippen LogP contribution in [0.25, 0.3) is 5.57 Å². The molecule has 1 aliphatic rings. The lowest BCUT2D eigenvalue weighted by atomic mass is 9.77. The first kappa shape index (κ1) is 28.2. The molecular formula is C33H44F2O. The topological polar surface area (TPSA) is 9.23 Å². The summed E-state index contributed by atoms with van der Waals surface area (Å²) in [6.45, 7) is 5.09. The Morgan fingerprint density at radius 1 is 0.750 bits per heavy atom. The molecule has 2 atom stereocenters. The van der Waals surface area contributed by atoms with Crippen molar-refractivity contribution in [2.24, 2.45) is 0 Å². The van der Waals surface area contributed by atoms with E-state index >= 15 is 8.78 Å². The van der Waals surface area contributed by atoms with Crippen LogP contribution in [0, 0.1) is 0 Å². The van der Waals surface area contributed by atoms with Crippen molar-refractivity contribution in [1.29, 1.82) is 0 Å². The molecule has 0 spiro atoms. The first-order chi connectivity index (χ1) is 17.6. The Balaban J connectivity index is 1.62. The number of allylic oxidation sites excluding steroid dienone is 4. The Morgan fingerprint density at radius 2 is 1.36 bits per heavy atom. The van der Waals surface area contributed by atoms with E-state index in [0.29, 0.717) is 23.5 Å². The molecule has 0 saturated heterocycles. The van der Waals surface area contributed by atoms with Gasteiger partial charge in [0.05, 0.1) is 6.61 Å². The molecule has 0 aliphatic heterocycles. The summed E-state index contributed by atoms with van der Waals surface area (Å²) in [7, 11) is 0. The van der Waals surface area contributed by atoms with E-state index in [4.69, 9.17) is 4.74 Å². The van der Waals surface area contributed by atoms with Gasteiger partial charge in [-0.05, 0) is 54.2 Å². The number of hydrogen-bond acceptors (Lipinski definition) is 1. The largest absolute Gasteiger partial charge is 0.494 e. The van der Waals surface area contributed by atoms with Crippen LogP contribution in [-0.2, 0) is 12.1 Å². The lowest BCUT2D eigenvalue weighted by Gasteiger charge is -2.33. The summed E-state index contributed by atoms with van der Waals surface area (Å²) in [5.41, 5.74) is 0.428. The van der Waals surface area contributed by atoms with E-state index in [1.165, 1.54) is 63.0 Å². The number of rotatable bonds is 16. The van der Waals surface area contributed by atoms with E-state index in [9.17, 15) is 0 Å². The highest BCUT2D eigenvalue weighted by Gasteiger charge is 2.45. The van der Waals surface area contributed by atoms with Gasteiger partial charge in [0.25, 0.3) is 0 Å². The van der Waals surface area contributed by atoms with E-state index in [-0.39, 0.29) is 0 Å². The number of hydrogen-bond donors (Lipinski definition) is 0. The molecule has 2 unspecified atom stereocenters. The second kappa shape index (κ2) is 15.0. The maximum atomic E-state index is 16.5. The number of ether oxygens (including phenoxy) is 1. The van der Waals surface area contributed by atoms with Crippen molar-refractivity contribution in [3.63, 3.8) is 0 Å². The van der Waals surface area contributed by atoms with E-state index in [1.807, 2.05) is 12.1 Å². The van der Waals surface area contributed by atoms with E-state index in [0.717, 1.165) is 31.2 Å². The van der Waals surface area contributed by atoms with Crippen LogP contribution in [0.15, 0.2) is 66.8 Å². The van der Waals surface area contributed by atoms with E-state index in [1.54, 1.807) is 36.4 Å². The second-order valence-electron chi connectivity index (χ2n) is 10.1. The van der Waals surface area contributed by atoms with Gasteiger partial charge in [0.15, 0.2) is 11.8 Å². The molecule has 0 amide bonds. The molecule has 36 heavy (non-hydrogen) atoms. The average molecular weight is 495 g/mol. The van der Waals surface area contributed by atoms with Gasteiger partial charge >= 0.3 is 0 Å². The first-order valence-electron chi connectivity index (χ1n) is 14.1. The van der Waals surface area contributed by atoms with Crippen molar-refractivity contribution in [3.05, 3.63) is 83.4 Å². The van der Waals surface area contributed by atoms with Crippen molar-refractivity contribution >= 4 is 5.57 Å². The van der Waals surface area contributed by atoms with E-state index < -0.39 is 11.8 Å². The number of unbranched alkanes of at least 4 members (excludes halogenated alkanes) is 9. The quantitative estimate of drug-likeness (QED) is 0.211. The Kier molecular flexibility index (Phi) is 11.7. The minimum Gasteiger partial charge on any atom is -0.494 e. The normalized spacial score (nSPS) is 19.3. The molecular weight excluding hydrogens is 450 g/mol. The van der Waals surface area contributed by atoms with Crippen molar-refractivity contribution in [1.82, 2.24) is 0 Å². The summed E-state index contributed by atoms with van der Waals surface area (Å²) in [6.07, 6.45) is 17.3. The maximum Gasteiger partial charge on any atom is 0.196 e. The number of halogens is 2. The highest BCUT2D eigenvalue weighted by molar-refractivity contribution is 5.77. The zero-order chi connectivity index (χ0) is 25.6. The summed E-state index contributed by atoms with van der Waals surface area (Å²) in [5, 5.41) is 0. The first-order valence-corrected chi connectivity index (χ1v) is 14.1. The van der Waals surface area contributed by atoms with Crippen molar-refractivity contribution in [3.8, 4) is 5.75 Å². The Bertz CT molecular complexity index is 945. The Morgan fingerprint density at radius 3 is 2.03 bits per heavy atom. The molecule has 0 saturated carbocycles. The van der Waals surface area contributed by atoms with Crippen LogP contribution < -0.4 is 4.74 Å². The summed E-state index contributed by atoms with van der Waals surface area (Å²) in [4.78, 5) is 0. The maximum absolute atomic E-state index is 16.5. The second-order valence-corrected chi connectivity index (χ2v) is 10.1. The number of aryl methyl sites for hydroxylation is 1. The molecule has 0 N–H and O–H groups in total. The summed E-state index contributed by atoms with van der Waals surface area (Å²) < 4.78 is 37.5. The van der Waals surface area contributed by atoms with Crippen LogP contribution in [0.5, 0.6) is 5.75 Å². The standard InChI is InChI=1S/C33H44F2O/c1-3-5-7-9-11-13-26-36-30-24-22-29(23-25-30)33(35)31(16-14-17-32(33)34)28-20-18-27(19-21-28)15-12-10-8-6-4-2/h14,16-25,32H,3-13,15,26H2,1-2H3. The molecule has 0 bridgehead atoms. The zero-order valence-corrected chi connectivity index (χ0v) is 22.3. The molecule has 2 aromatic carbocycles. The highest BCUT2D eigenvalue weighted by atomic mass is 19.2. The smallest absolute Gasteiger partial charge is 0.196 e. The van der Waals surface area contributed by atoms with Gasteiger partial charge in [-0.25, -0.2) is 8.78 Å².